The minimum absolute atomic E-state index is 0.404. The first-order valence-corrected chi connectivity index (χ1v) is 10.4. The van der Waals surface area contributed by atoms with Gasteiger partial charge in [0.15, 0.2) is 0 Å². The van der Waals surface area contributed by atoms with E-state index in [2.05, 4.69) is 36.1 Å². The van der Waals surface area contributed by atoms with E-state index in [4.69, 9.17) is 19.4 Å². The van der Waals surface area contributed by atoms with Crippen LogP contribution in [0.15, 0.2) is 24.3 Å². The van der Waals surface area contributed by atoms with Gasteiger partial charge < -0.3 is 19.5 Å². The zero-order chi connectivity index (χ0) is 22.1. The summed E-state index contributed by atoms with van der Waals surface area (Å²) in [5.41, 5.74) is 2.80. The smallest absolute Gasteiger partial charge is 0.475 e. The number of aryl methyl sites for hydroxylation is 1. The van der Waals surface area contributed by atoms with Gasteiger partial charge in [-0.25, -0.2) is 4.79 Å². The van der Waals surface area contributed by atoms with Crippen molar-refractivity contribution in [3.8, 4) is 0 Å². The number of nitrogens with zero attached hydrogens (tertiary/aromatic N) is 1. The molecule has 2 fully saturated rings. The largest absolute Gasteiger partial charge is 0.490 e. The molecule has 2 heterocycles. The molecule has 2 saturated heterocycles. The van der Waals surface area contributed by atoms with Crippen LogP contribution in [-0.4, -0.2) is 68.2 Å². The fourth-order valence-corrected chi connectivity index (χ4v) is 4.19. The van der Waals surface area contributed by atoms with Gasteiger partial charge in [-0.1, -0.05) is 29.8 Å². The summed E-state index contributed by atoms with van der Waals surface area (Å²) in [6.07, 6.45) is 0.0710. The van der Waals surface area contributed by atoms with Crippen molar-refractivity contribution >= 4 is 5.97 Å². The monoisotopic (exact) mass is 431 g/mol. The number of alkyl halides is 3. The molecular weight excluding hydrogens is 399 g/mol. The van der Waals surface area contributed by atoms with Gasteiger partial charge >= 0.3 is 12.1 Å². The van der Waals surface area contributed by atoms with Crippen molar-refractivity contribution in [1.29, 1.82) is 0 Å². The van der Waals surface area contributed by atoms with E-state index in [1.165, 1.54) is 43.6 Å². The normalized spacial score (nSPS) is 23.5. The molecule has 2 aliphatic rings. The average Bonchev–Trinajstić information content (AvgIpc) is 2.69. The Morgan fingerprint density at radius 3 is 2.50 bits per heavy atom. The molecule has 0 aromatic heterocycles. The van der Waals surface area contributed by atoms with E-state index in [1.807, 2.05) is 7.11 Å². The van der Waals surface area contributed by atoms with E-state index >= 15 is 0 Å². The Bertz CT molecular complexity index is 662. The summed E-state index contributed by atoms with van der Waals surface area (Å²) in [6, 6.07) is 8.94. The molecule has 1 N–H and O–H groups in total. The predicted molar refractivity (Wildman–Crippen MR) is 107 cm³/mol. The number of benzene rings is 1. The maximum Gasteiger partial charge on any atom is 0.490 e. The second-order valence-corrected chi connectivity index (χ2v) is 8.13. The third-order valence-corrected chi connectivity index (χ3v) is 5.73. The van der Waals surface area contributed by atoms with Crippen molar-refractivity contribution in [1.82, 2.24) is 4.90 Å². The highest BCUT2D eigenvalue weighted by molar-refractivity contribution is 5.73. The molecule has 0 bridgehead atoms. The SMILES string of the molecule is CO[C@@H]1CCN(CC2CCOCC2)C[C@@H]1Cc1cccc(C)c1.O=C(O)C(F)(F)F. The fraction of sp³-hybridized carbons (Fsp3) is 0.682. The number of carboxylic acids is 1. The molecule has 0 amide bonds. The summed E-state index contributed by atoms with van der Waals surface area (Å²) in [7, 11) is 1.88. The molecule has 2 atom stereocenters. The first-order valence-electron chi connectivity index (χ1n) is 10.4. The Labute approximate surface area is 176 Å². The van der Waals surface area contributed by atoms with Crippen molar-refractivity contribution in [2.24, 2.45) is 11.8 Å². The second kappa shape index (κ2) is 11.7. The van der Waals surface area contributed by atoms with Gasteiger partial charge in [-0.05, 0) is 44.1 Å². The van der Waals surface area contributed by atoms with E-state index < -0.39 is 12.1 Å². The molecule has 0 aliphatic carbocycles. The summed E-state index contributed by atoms with van der Waals surface area (Å²) in [4.78, 5) is 11.6. The fourth-order valence-electron chi connectivity index (χ4n) is 4.19. The number of halogens is 3. The summed E-state index contributed by atoms with van der Waals surface area (Å²) in [6.45, 7) is 7.67. The van der Waals surface area contributed by atoms with Crippen molar-refractivity contribution < 1.29 is 32.5 Å². The third kappa shape index (κ3) is 8.24. The van der Waals surface area contributed by atoms with Crippen LogP contribution >= 0.6 is 0 Å². The van der Waals surface area contributed by atoms with Crippen molar-refractivity contribution in [3.63, 3.8) is 0 Å². The van der Waals surface area contributed by atoms with E-state index in [-0.39, 0.29) is 0 Å². The van der Waals surface area contributed by atoms with Gasteiger partial charge in [0.05, 0.1) is 6.10 Å². The van der Waals surface area contributed by atoms with Crippen molar-refractivity contribution in [2.45, 2.75) is 44.9 Å². The molecule has 170 valence electrons. The van der Waals surface area contributed by atoms with Crippen LogP contribution in [0.2, 0.25) is 0 Å². The lowest BCUT2D eigenvalue weighted by Gasteiger charge is -2.40. The Morgan fingerprint density at radius 2 is 1.93 bits per heavy atom. The summed E-state index contributed by atoms with van der Waals surface area (Å²) < 4.78 is 43.0. The molecule has 1 aromatic carbocycles. The number of methoxy groups -OCH3 is 1. The standard InChI is InChI=1S/C20H31NO2.C2HF3O2/c1-16-4-3-5-18(12-16)13-19-15-21(9-6-20(19)22-2)14-17-7-10-23-11-8-17;3-2(4,5)1(6)7/h3-5,12,17,19-20H,6-11,13-15H2,1-2H3;(H,6,7)/t19-,20+;/m0./s1. The predicted octanol–water partition coefficient (Wildman–Crippen LogP) is 3.93. The van der Waals surface area contributed by atoms with Crippen LogP contribution in [0.5, 0.6) is 0 Å². The van der Waals surface area contributed by atoms with Crippen LogP contribution in [0.25, 0.3) is 0 Å². The first-order chi connectivity index (χ1) is 14.2. The molecule has 0 radical (unpaired) electrons. The molecule has 30 heavy (non-hydrogen) atoms. The molecule has 0 unspecified atom stereocenters. The van der Waals surface area contributed by atoms with E-state index in [0.717, 1.165) is 32.0 Å². The second-order valence-electron chi connectivity index (χ2n) is 8.13. The molecule has 0 spiro atoms. The number of hydrogen-bond acceptors (Lipinski definition) is 4. The number of likely N-dealkylation sites (tertiary alicyclic amines) is 1. The van der Waals surface area contributed by atoms with Gasteiger partial charge in [-0.15, -0.1) is 0 Å². The number of rotatable bonds is 5. The lowest BCUT2D eigenvalue weighted by Crippen LogP contribution is -2.46. The topological polar surface area (TPSA) is 59.0 Å². The highest BCUT2D eigenvalue weighted by Crippen LogP contribution is 2.26. The van der Waals surface area contributed by atoms with Crippen molar-refractivity contribution in [3.05, 3.63) is 35.4 Å². The maximum atomic E-state index is 10.6. The molecular formula is C22H32F3NO4. The van der Waals surface area contributed by atoms with Crippen LogP contribution < -0.4 is 0 Å². The third-order valence-electron chi connectivity index (χ3n) is 5.73. The van der Waals surface area contributed by atoms with Gasteiger partial charge in [-0.2, -0.15) is 13.2 Å². The van der Waals surface area contributed by atoms with E-state index in [1.54, 1.807) is 0 Å². The lowest BCUT2D eigenvalue weighted by atomic mass is 9.87. The first kappa shape index (κ1) is 24.6. The molecule has 2 aliphatic heterocycles. The van der Waals surface area contributed by atoms with Crippen LogP contribution in [0.3, 0.4) is 0 Å². The minimum atomic E-state index is -5.08. The van der Waals surface area contributed by atoms with Crippen LogP contribution in [-0.2, 0) is 20.7 Å². The van der Waals surface area contributed by atoms with Gasteiger partial charge in [-0.3, -0.25) is 0 Å². The highest BCUT2D eigenvalue weighted by atomic mass is 19.4. The number of ether oxygens (including phenoxy) is 2. The zero-order valence-corrected chi connectivity index (χ0v) is 17.7. The average molecular weight is 431 g/mol. The quantitative estimate of drug-likeness (QED) is 0.766. The van der Waals surface area contributed by atoms with E-state index in [9.17, 15) is 13.2 Å². The van der Waals surface area contributed by atoms with Gasteiger partial charge in [0.1, 0.15) is 0 Å². The van der Waals surface area contributed by atoms with Crippen LogP contribution in [0, 0.1) is 18.8 Å². The summed E-state index contributed by atoms with van der Waals surface area (Å²) >= 11 is 0. The summed E-state index contributed by atoms with van der Waals surface area (Å²) in [5.74, 6) is -1.33. The number of aliphatic carboxylic acids is 1. The zero-order valence-electron chi connectivity index (χ0n) is 17.7. The van der Waals surface area contributed by atoms with E-state index in [0.29, 0.717) is 12.0 Å². The number of hydrogen-bond donors (Lipinski definition) is 1. The number of piperidine rings is 1. The maximum absolute atomic E-state index is 10.6. The number of carboxylic acid groups (broad SMARTS) is 1. The molecule has 0 saturated carbocycles. The summed E-state index contributed by atoms with van der Waals surface area (Å²) in [5, 5.41) is 7.12. The van der Waals surface area contributed by atoms with Crippen LogP contribution in [0.1, 0.15) is 30.4 Å². The Hall–Kier alpha value is -1.64. The van der Waals surface area contributed by atoms with Gasteiger partial charge in [0, 0.05) is 45.9 Å². The Morgan fingerprint density at radius 1 is 1.27 bits per heavy atom. The van der Waals surface area contributed by atoms with Crippen LogP contribution in [0.4, 0.5) is 13.2 Å². The molecule has 3 rings (SSSR count). The number of carbonyl (C=O) groups is 1. The Balaban J connectivity index is 0.000000396. The molecule has 8 heteroatoms. The molecule has 1 aromatic rings. The van der Waals surface area contributed by atoms with Gasteiger partial charge in [0.25, 0.3) is 0 Å². The Kier molecular flexibility index (Phi) is 9.58. The van der Waals surface area contributed by atoms with Gasteiger partial charge in [0.2, 0.25) is 0 Å². The highest BCUT2D eigenvalue weighted by Gasteiger charge is 2.38. The minimum Gasteiger partial charge on any atom is -0.475 e. The van der Waals surface area contributed by atoms with Crippen molar-refractivity contribution in [2.75, 3.05) is 40.0 Å². The lowest BCUT2D eigenvalue weighted by molar-refractivity contribution is -0.192. The molecule has 5 nitrogen and oxygen atoms in total.